The van der Waals surface area contributed by atoms with Crippen molar-refractivity contribution in [2.24, 2.45) is 5.92 Å². The topological polar surface area (TPSA) is 46.6 Å². The Morgan fingerprint density at radius 3 is 2.95 bits per heavy atom. The van der Waals surface area contributed by atoms with Gasteiger partial charge in [0.25, 0.3) is 0 Å². The van der Waals surface area contributed by atoms with Crippen LogP contribution in [-0.2, 0) is 14.3 Å². The Kier molecular flexibility index (Phi) is 4.60. The van der Waals surface area contributed by atoms with Crippen LogP contribution in [0.3, 0.4) is 0 Å². The van der Waals surface area contributed by atoms with E-state index in [1.807, 2.05) is 24.6 Å². The van der Waals surface area contributed by atoms with Crippen molar-refractivity contribution < 1.29 is 14.3 Å². The van der Waals surface area contributed by atoms with Crippen molar-refractivity contribution in [3.05, 3.63) is 34.0 Å². The average molecular weight is 293 g/mol. The van der Waals surface area contributed by atoms with Gasteiger partial charge in [0.1, 0.15) is 0 Å². The third kappa shape index (κ3) is 2.93. The Balaban J connectivity index is 2.06. The van der Waals surface area contributed by atoms with E-state index in [1.54, 1.807) is 36.2 Å². The van der Waals surface area contributed by atoms with Crippen molar-refractivity contribution in [3.8, 4) is 0 Å². The Labute approximate surface area is 123 Å². The standard InChI is InChI=1S/C15H19NO3S/c1-4-10(2)15(18)19-9-11-8-13(17)16(3)14(11)12-6-5-7-20-12/h4-7,11,14H,8-9H2,1-3H3/b10-4-/t11-,14+/m1/s1. The number of allylic oxidation sites excluding steroid dienone is 1. The summed E-state index contributed by atoms with van der Waals surface area (Å²) in [5.41, 5.74) is 0.593. The second-order valence-electron chi connectivity index (χ2n) is 5.00. The molecule has 0 saturated carbocycles. The molecule has 1 saturated heterocycles. The molecular weight excluding hydrogens is 274 g/mol. The summed E-state index contributed by atoms with van der Waals surface area (Å²) in [6.45, 7) is 3.81. The maximum atomic E-state index is 11.9. The first-order chi connectivity index (χ1) is 9.54. The van der Waals surface area contributed by atoms with Crippen LogP contribution in [0.15, 0.2) is 29.2 Å². The molecule has 1 aromatic heterocycles. The summed E-state index contributed by atoms with van der Waals surface area (Å²) < 4.78 is 5.32. The van der Waals surface area contributed by atoms with Gasteiger partial charge in [-0.2, -0.15) is 0 Å². The number of esters is 1. The van der Waals surface area contributed by atoms with E-state index in [-0.39, 0.29) is 30.4 Å². The van der Waals surface area contributed by atoms with Crippen molar-refractivity contribution in [1.82, 2.24) is 4.90 Å². The number of nitrogens with zero attached hydrogens (tertiary/aromatic N) is 1. The van der Waals surface area contributed by atoms with Crippen LogP contribution in [0.1, 0.15) is 31.2 Å². The second-order valence-corrected chi connectivity index (χ2v) is 5.98. The smallest absolute Gasteiger partial charge is 0.333 e. The predicted molar refractivity (Wildman–Crippen MR) is 78.3 cm³/mol. The molecule has 0 aliphatic carbocycles. The molecule has 0 unspecified atom stereocenters. The lowest BCUT2D eigenvalue weighted by atomic mass is 10.00. The van der Waals surface area contributed by atoms with Crippen LogP contribution in [0, 0.1) is 5.92 Å². The summed E-state index contributed by atoms with van der Waals surface area (Å²) in [6, 6.07) is 4.02. The molecular formula is C15H19NO3S. The summed E-state index contributed by atoms with van der Waals surface area (Å²) in [6.07, 6.45) is 2.16. The zero-order valence-corrected chi connectivity index (χ0v) is 12.8. The molecule has 1 aliphatic heterocycles. The molecule has 1 aromatic rings. The number of carbonyl (C=O) groups is 2. The van der Waals surface area contributed by atoms with Gasteiger partial charge in [-0.25, -0.2) is 4.79 Å². The first-order valence-corrected chi connectivity index (χ1v) is 7.51. The largest absolute Gasteiger partial charge is 0.462 e. The molecule has 20 heavy (non-hydrogen) atoms. The fourth-order valence-corrected chi connectivity index (χ4v) is 3.36. The van der Waals surface area contributed by atoms with Gasteiger partial charge in [0.05, 0.1) is 12.6 Å². The highest BCUT2D eigenvalue weighted by atomic mass is 32.1. The van der Waals surface area contributed by atoms with Gasteiger partial charge < -0.3 is 9.64 Å². The first-order valence-electron chi connectivity index (χ1n) is 6.63. The summed E-state index contributed by atoms with van der Waals surface area (Å²) in [4.78, 5) is 26.5. The number of hydrogen-bond acceptors (Lipinski definition) is 4. The highest BCUT2D eigenvalue weighted by molar-refractivity contribution is 7.10. The minimum absolute atomic E-state index is 0.0150. The number of carbonyl (C=O) groups excluding carboxylic acids is 2. The Hall–Kier alpha value is -1.62. The minimum Gasteiger partial charge on any atom is -0.462 e. The average Bonchev–Trinajstić information content (AvgIpc) is 3.04. The molecule has 1 fully saturated rings. The maximum absolute atomic E-state index is 11.9. The molecule has 0 radical (unpaired) electrons. The van der Waals surface area contributed by atoms with Gasteiger partial charge in [-0.15, -0.1) is 11.3 Å². The van der Waals surface area contributed by atoms with Gasteiger partial charge in [-0.1, -0.05) is 12.1 Å². The fourth-order valence-electron chi connectivity index (χ4n) is 2.40. The molecule has 0 bridgehead atoms. The molecule has 108 valence electrons. The number of amides is 1. The number of hydrogen-bond donors (Lipinski definition) is 0. The van der Waals surface area contributed by atoms with Crippen molar-refractivity contribution in [2.75, 3.05) is 13.7 Å². The van der Waals surface area contributed by atoms with E-state index in [1.165, 1.54) is 0 Å². The van der Waals surface area contributed by atoms with Crippen LogP contribution in [0.25, 0.3) is 0 Å². The number of likely N-dealkylation sites (tertiary alicyclic amines) is 1. The summed E-state index contributed by atoms with van der Waals surface area (Å²) in [5.74, 6) is -0.175. The molecule has 5 heteroatoms. The van der Waals surface area contributed by atoms with E-state index in [0.29, 0.717) is 12.0 Å². The van der Waals surface area contributed by atoms with E-state index in [2.05, 4.69) is 0 Å². The quantitative estimate of drug-likeness (QED) is 0.633. The molecule has 0 spiro atoms. The second kappa shape index (κ2) is 6.22. The Morgan fingerprint density at radius 1 is 1.60 bits per heavy atom. The first kappa shape index (κ1) is 14.8. The van der Waals surface area contributed by atoms with Crippen molar-refractivity contribution in [1.29, 1.82) is 0 Å². The molecule has 2 rings (SSSR count). The number of thiophene rings is 1. The van der Waals surface area contributed by atoms with E-state index >= 15 is 0 Å². The highest BCUT2D eigenvalue weighted by Crippen LogP contribution is 2.39. The molecule has 0 N–H and O–H groups in total. The van der Waals surface area contributed by atoms with E-state index in [4.69, 9.17) is 4.74 Å². The molecule has 1 aliphatic rings. The van der Waals surface area contributed by atoms with E-state index < -0.39 is 0 Å². The van der Waals surface area contributed by atoms with E-state index in [0.717, 1.165) is 4.88 Å². The molecule has 2 atom stereocenters. The zero-order chi connectivity index (χ0) is 14.7. The van der Waals surface area contributed by atoms with Gasteiger partial charge in [-0.3, -0.25) is 4.79 Å². The predicted octanol–water partition coefficient (Wildman–Crippen LogP) is 2.78. The number of ether oxygens (including phenoxy) is 1. The third-order valence-corrected chi connectivity index (χ3v) is 4.66. The van der Waals surface area contributed by atoms with Gasteiger partial charge in [0.15, 0.2) is 0 Å². The minimum atomic E-state index is -0.306. The summed E-state index contributed by atoms with van der Waals surface area (Å²) >= 11 is 1.63. The number of rotatable bonds is 4. The summed E-state index contributed by atoms with van der Waals surface area (Å²) in [5, 5.41) is 2.00. The van der Waals surface area contributed by atoms with Crippen molar-refractivity contribution >= 4 is 23.2 Å². The van der Waals surface area contributed by atoms with Crippen LogP contribution in [0.4, 0.5) is 0 Å². The lowest BCUT2D eigenvalue weighted by molar-refractivity contribution is -0.140. The van der Waals surface area contributed by atoms with Crippen LogP contribution >= 0.6 is 11.3 Å². The fraction of sp³-hybridized carbons (Fsp3) is 0.467. The molecule has 1 amide bonds. The van der Waals surface area contributed by atoms with Gasteiger partial charge in [-0.05, 0) is 25.3 Å². The zero-order valence-electron chi connectivity index (χ0n) is 12.0. The van der Waals surface area contributed by atoms with Crippen LogP contribution in [0.5, 0.6) is 0 Å². The maximum Gasteiger partial charge on any atom is 0.333 e. The molecule has 0 aromatic carbocycles. The lowest BCUT2D eigenvalue weighted by Gasteiger charge is -2.23. The molecule has 2 heterocycles. The van der Waals surface area contributed by atoms with Gasteiger partial charge in [0.2, 0.25) is 5.91 Å². The van der Waals surface area contributed by atoms with Gasteiger partial charge in [0, 0.05) is 29.8 Å². The third-order valence-electron chi connectivity index (χ3n) is 3.71. The highest BCUT2D eigenvalue weighted by Gasteiger charge is 2.39. The van der Waals surface area contributed by atoms with Crippen LogP contribution < -0.4 is 0 Å². The van der Waals surface area contributed by atoms with Crippen LogP contribution in [-0.4, -0.2) is 30.4 Å². The van der Waals surface area contributed by atoms with Crippen molar-refractivity contribution in [2.45, 2.75) is 26.3 Å². The normalized spacial score (nSPS) is 23.2. The molecule has 4 nitrogen and oxygen atoms in total. The van der Waals surface area contributed by atoms with E-state index in [9.17, 15) is 9.59 Å². The lowest BCUT2D eigenvalue weighted by Crippen LogP contribution is -2.25. The van der Waals surface area contributed by atoms with Crippen molar-refractivity contribution in [3.63, 3.8) is 0 Å². The Bertz CT molecular complexity index is 521. The monoisotopic (exact) mass is 293 g/mol. The summed E-state index contributed by atoms with van der Waals surface area (Å²) in [7, 11) is 1.81. The van der Waals surface area contributed by atoms with Crippen LogP contribution in [0.2, 0.25) is 0 Å². The SMILES string of the molecule is C/C=C(/C)C(=O)OC[C@H]1CC(=O)N(C)[C@@H]1c1cccs1. The van der Waals surface area contributed by atoms with Gasteiger partial charge >= 0.3 is 5.97 Å². The Morgan fingerprint density at radius 2 is 2.35 bits per heavy atom.